The topological polar surface area (TPSA) is 74.4 Å². The van der Waals surface area contributed by atoms with Crippen molar-refractivity contribution < 1.29 is 14.3 Å². The minimum atomic E-state index is -0.622. The van der Waals surface area contributed by atoms with E-state index in [-0.39, 0.29) is 18.1 Å². The molecule has 0 atom stereocenters. The van der Waals surface area contributed by atoms with Gasteiger partial charge in [-0.3, -0.25) is 0 Å². The molecule has 0 aliphatic heterocycles. The second kappa shape index (κ2) is 7.29. The van der Waals surface area contributed by atoms with E-state index in [0.717, 1.165) is 5.56 Å². The molecule has 0 amide bonds. The molecule has 3 rings (SSSR count). The van der Waals surface area contributed by atoms with Gasteiger partial charge in [0.1, 0.15) is 12.4 Å². The lowest BCUT2D eigenvalue weighted by atomic mass is 10.1. The zero-order valence-electron chi connectivity index (χ0n) is 13.3. The van der Waals surface area contributed by atoms with Crippen molar-refractivity contribution >= 4 is 50.1 Å². The molecule has 2 aromatic carbocycles. The first kappa shape index (κ1) is 17.5. The molecular weight excluding hydrogens is 408 g/mol. The molecule has 3 aromatic rings. The number of nitrogen functional groups attached to an aromatic ring is 1. The Labute approximate surface area is 157 Å². The fourth-order valence-corrected chi connectivity index (χ4v) is 3.16. The van der Waals surface area contributed by atoms with Crippen LogP contribution in [-0.2, 0) is 11.3 Å². The molecular formula is C18H14BrClN2O3. The number of methoxy groups -OCH3 is 1. The number of halogens is 2. The monoisotopic (exact) mass is 420 g/mol. The number of anilines is 1. The Balaban J connectivity index is 2.17. The fourth-order valence-electron chi connectivity index (χ4n) is 2.46. The van der Waals surface area contributed by atoms with Crippen LogP contribution in [0.5, 0.6) is 5.75 Å². The lowest BCUT2D eigenvalue weighted by Gasteiger charge is -2.15. The summed E-state index contributed by atoms with van der Waals surface area (Å²) in [5, 5.41) is 1.70. The first-order valence-electron chi connectivity index (χ1n) is 7.35. The molecule has 0 aliphatic rings. The first-order valence-corrected chi connectivity index (χ1v) is 8.52. The maximum atomic E-state index is 12.1. The van der Waals surface area contributed by atoms with Gasteiger partial charge in [-0.2, -0.15) is 0 Å². The van der Waals surface area contributed by atoms with Crippen LogP contribution in [0.3, 0.4) is 0 Å². The fraction of sp³-hybridized carbons (Fsp3) is 0.111. The summed E-state index contributed by atoms with van der Waals surface area (Å²) in [6, 6.07) is 13.0. The number of carbonyl (C=O) groups excluding carboxylic acids is 1. The number of rotatable bonds is 4. The molecule has 0 radical (unpaired) electrons. The van der Waals surface area contributed by atoms with Gasteiger partial charge in [-0.15, -0.1) is 0 Å². The molecule has 2 N–H and O–H groups in total. The van der Waals surface area contributed by atoms with Crippen LogP contribution in [0.25, 0.3) is 10.8 Å². The van der Waals surface area contributed by atoms with E-state index in [0.29, 0.717) is 26.0 Å². The third-order valence-corrected chi connectivity index (χ3v) is 5.01. The molecule has 5 nitrogen and oxygen atoms in total. The summed E-state index contributed by atoms with van der Waals surface area (Å²) in [6.45, 7) is 0.270. The lowest BCUT2D eigenvalue weighted by Crippen LogP contribution is -2.11. The number of fused-ring (bicyclic) bond motifs is 1. The van der Waals surface area contributed by atoms with E-state index in [1.165, 1.54) is 7.11 Å². The highest BCUT2D eigenvalue weighted by atomic mass is 79.9. The highest BCUT2D eigenvalue weighted by molar-refractivity contribution is 9.10. The Hall–Kier alpha value is -2.31. The van der Waals surface area contributed by atoms with E-state index < -0.39 is 5.97 Å². The maximum Gasteiger partial charge on any atom is 0.360 e. The molecule has 0 unspecified atom stereocenters. The summed E-state index contributed by atoms with van der Waals surface area (Å²) in [7, 11) is 1.28. The van der Waals surface area contributed by atoms with Gasteiger partial charge in [-0.25, -0.2) is 9.78 Å². The molecule has 0 saturated heterocycles. The SMILES string of the molecule is COC(=O)c1nc(N)c2c(Br)c(Cl)ccc2c1OCc1ccccc1. The van der Waals surface area contributed by atoms with Crippen LogP contribution in [-0.4, -0.2) is 18.1 Å². The van der Waals surface area contributed by atoms with Gasteiger partial charge in [0, 0.05) is 15.2 Å². The van der Waals surface area contributed by atoms with Crippen LogP contribution < -0.4 is 10.5 Å². The van der Waals surface area contributed by atoms with Crippen molar-refractivity contribution in [2.24, 2.45) is 0 Å². The van der Waals surface area contributed by atoms with Crippen molar-refractivity contribution in [3.05, 3.63) is 63.2 Å². The molecule has 128 valence electrons. The summed E-state index contributed by atoms with van der Waals surface area (Å²) >= 11 is 9.57. The van der Waals surface area contributed by atoms with E-state index >= 15 is 0 Å². The number of nitrogens with two attached hydrogens (primary N) is 1. The predicted molar refractivity (Wildman–Crippen MR) is 101 cm³/mol. The van der Waals surface area contributed by atoms with Crippen LogP contribution in [0.1, 0.15) is 16.1 Å². The number of nitrogens with zero attached hydrogens (tertiary/aromatic N) is 1. The Morgan fingerprint density at radius 2 is 1.96 bits per heavy atom. The van der Waals surface area contributed by atoms with E-state index in [1.807, 2.05) is 30.3 Å². The van der Waals surface area contributed by atoms with Crippen molar-refractivity contribution in [3.8, 4) is 5.75 Å². The largest absolute Gasteiger partial charge is 0.486 e. The second-order valence-electron chi connectivity index (χ2n) is 5.22. The van der Waals surface area contributed by atoms with Crippen LogP contribution in [0.15, 0.2) is 46.9 Å². The molecule has 0 bridgehead atoms. The van der Waals surface area contributed by atoms with Gasteiger partial charge in [-0.1, -0.05) is 41.9 Å². The Kier molecular flexibility index (Phi) is 5.11. The number of hydrogen-bond donors (Lipinski definition) is 1. The zero-order valence-corrected chi connectivity index (χ0v) is 15.6. The first-order chi connectivity index (χ1) is 12.0. The van der Waals surface area contributed by atoms with Crippen molar-refractivity contribution in [1.29, 1.82) is 0 Å². The van der Waals surface area contributed by atoms with Gasteiger partial charge >= 0.3 is 5.97 Å². The van der Waals surface area contributed by atoms with Crippen molar-refractivity contribution in [1.82, 2.24) is 4.98 Å². The zero-order chi connectivity index (χ0) is 18.0. The molecule has 25 heavy (non-hydrogen) atoms. The second-order valence-corrected chi connectivity index (χ2v) is 6.42. The summed E-state index contributed by atoms with van der Waals surface area (Å²) in [6.07, 6.45) is 0. The third-order valence-electron chi connectivity index (χ3n) is 3.65. The minimum Gasteiger partial charge on any atom is -0.486 e. The lowest BCUT2D eigenvalue weighted by molar-refractivity contribution is 0.0589. The number of esters is 1. The predicted octanol–water partition coefficient (Wildman–Crippen LogP) is 4.60. The number of carbonyl (C=O) groups is 1. The smallest absolute Gasteiger partial charge is 0.360 e. The third kappa shape index (κ3) is 3.41. The van der Waals surface area contributed by atoms with Crippen LogP contribution in [0.4, 0.5) is 5.82 Å². The quantitative estimate of drug-likeness (QED) is 0.623. The molecule has 0 fully saturated rings. The molecule has 7 heteroatoms. The van der Waals surface area contributed by atoms with Crippen molar-refractivity contribution in [2.45, 2.75) is 6.61 Å². The number of benzene rings is 2. The van der Waals surface area contributed by atoms with Crippen LogP contribution in [0, 0.1) is 0 Å². The highest BCUT2D eigenvalue weighted by Gasteiger charge is 2.22. The molecule has 0 aliphatic carbocycles. The number of pyridine rings is 1. The average molecular weight is 422 g/mol. The number of hydrogen-bond acceptors (Lipinski definition) is 5. The molecule has 1 aromatic heterocycles. The average Bonchev–Trinajstić information content (AvgIpc) is 2.63. The Morgan fingerprint density at radius 3 is 2.64 bits per heavy atom. The number of ether oxygens (including phenoxy) is 2. The normalized spacial score (nSPS) is 10.7. The van der Waals surface area contributed by atoms with Crippen LogP contribution >= 0.6 is 27.5 Å². The van der Waals surface area contributed by atoms with E-state index in [9.17, 15) is 4.79 Å². The standard InChI is InChI=1S/C18H14BrClN2O3/c1-24-18(23)15-16(25-9-10-5-3-2-4-6-10)11-7-8-12(20)14(19)13(11)17(21)22-15/h2-8H,9H2,1H3,(H2,21,22). The van der Waals surface area contributed by atoms with Gasteiger partial charge in [0.15, 0.2) is 11.4 Å². The summed E-state index contributed by atoms with van der Waals surface area (Å²) < 4.78 is 11.3. The minimum absolute atomic E-state index is 0.0256. The van der Waals surface area contributed by atoms with E-state index in [2.05, 4.69) is 20.9 Å². The Bertz CT molecular complexity index is 948. The van der Waals surface area contributed by atoms with Gasteiger partial charge in [0.2, 0.25) is 0 Å². The highest BCUT2D eigenvalue weighted by Crippen LogP contribution is 2.40. The van der Waals surface area contributed by atoms with Gasteiger partial charge in [0.05, 0.1) is 12.1 Å². The summed E-state index contributed by atoms with van der Waals surface area (Å²) in [5.41, 5.74) is 7.01. The summed E-state index contributed by atoms with van der Waals surface area (Å²) in [5.74, 6) is -0.156. The number of aromatic nitrogens is 1. The van der Waals surface area contributed by atoms with Crippen LogP contribution in [0.2, 0.25) is 5.02 Å². The summed E-state index contributed by atoms with van der Waals surface area (Å²) in [4.78, 5) is 16.3. The maximum absolute atomic E-state index is 12.1. The van der Waals surface area contributed by atoms with Gasteiger partial charge < -0.3 is 15.2 Å². The Morgan fingerprint density at radius 1 is 1.24 bits per heavy atom. The van der Waals surface area contributed by atoms with Gasteiger partial charge in [-0.05, 0) is 33.6 Å². The van der Waals surface area contributed by atoms with E-state index in [1.54, 1.807) is 12.1 Å². The molecule has 0 saturated carbocycles. The van der Waals surface area contributed by atoms with Crippen molar-refractivity contribution in [3.63, 3.8) is 0 Å². The van der Waals surface area contributed by atoms with Gasteiger partial charge in [0.25, 0.3) is 0 Å². The molecule has 1 heterocycles. The van der Waals surface area contributed by atoms with E-state index in [4.69, 9.17) is 26.8 Å². The molecule has 0 spiro atoms. The van der Waals surface area contributed by atoms with Crippen molar-refractivity contribution in [2.75, 3.05) is 12.8 Å².